The van der Waals surface area contributed by atoms with Crippen molar-refractivity contribution in [2.45, 2.75) is 64.2 Å². The van der Waals surface area contributed by atoms with Gasteiger partial charge in [-0.2, -0.15) is 0 Å². The molecule has 0 saturated carbocycles. The molecule has 3 heteroatoms. The van der Waals surface area contributed by atoms with E-state index in [4.69, 9.17) is 0 Å². The van der Waals surface area contributed by atoms with Crippen molar-refractivity contribution in [3.63, 3.8) is 0 Å². The summed E-state index contributed by atoms with van der Waals surface area (Å²) in [5.74, 6) is 0. The molecule has 0 nitrogen and oxygen atoms in total. The number of hydrogen-bond donors (Lipinski definition) is 0. The van der Waals surface area contributed by atoms with Crippen molar-refractivity contribution < 1.29 is 0 Å². The van der Waals surface area contributed by atoms with Crippen LogP contribution in [0.4, 0.5) is 0 Å². The van der Waals surface area contributed by atoms with Crippen molar-refractivity contribution in [1.29, 1.82) is 0 Å². The van der Waals surface area contributed by atoms with E-state index in [1.807, 2.05) is 0 Å². The molecule has 29 heavy (non-hydrogen) atoms. The van der Waals surface area contributed by atoms with E-state index in [-0.39, 0.29) is 0 Å². The molecule has 0 N–H and O–H groups in total. The summed E-state index contributed by atoms with van der Waals surface area (Å²) in [5.41, 5.74) is 12.4. The number of rotatable bonds is 2. The van der Waals surface area contributed by atoms with E-state index in [1.165, 1.54) is 34.6 Å². The Morgan fingerprint density at radius 2 is 1.38 bits per heavy atom. The Labute approximate surface area is 183 Å². The minimum Gasteiger partial charge on any atom is -0.145 e. The molecule has 148 valence electrons. The molecule has 2 aromatic heterocycles. The summed E-state index contributed by atoms with van der Waals surface area (Å²) in [6.45, 7) is 12.3. The standard InChI is InChI=1S/C26H28S2Si/c1-14-9-19-12-17-7-6-8-18(17)13-20(19)25(14)29(4,5)26-23-21(10-15(2)27-23)22-11-16(3)28-24(22)26/h9-13,25-26H,6-8H2,1-5H3. The second-order valence-electron chi connectivity index (χ2n) is 9.95. The van der Waals surface area contributed by atoms with E-state index in [0.29, 0.717) is 11.1 Å². The summed E-state index contributed by atoms with van der Waals surface area (Å²) in [5, 5.41) is 0. The molecular formula is C26H28S2Si. The van der Waals surface area contributed by atoms with Crippen molar-refractivity contribution in [3.8, 4) is 11.1 Å². The fraction of sp³-hybridized carbons (Fsp3) is 0.385. The maximum atomic E-state index is 2.67. The minimum absolute atomic E-state index is 0.636. The molecule has 0 bridgehead atoms. The number of thiophene rings is 2. The van der Waals surface area contributed by atoms with Crippen molar-refractivity contribution in [3.05, 3.63) is 71.6 Å². The lowest BCUT2D eigenvalue weighted by Crippen LogP contribution is -2.41. The van der Waals surface area contributed by atoms with Gasteiger partial charge in [0.2, 0.25) is 0 Å². The molecule has 0 saturated heterocycles. The minimum atomic E-state index is -1.71. The first-order valence-electron chi connectivity index (χ1n) is 10.9. The molecule has 2 heterocycles. The van der Waals surface area contributed by atoms with Crippen LogP contribution >= 0.6 is 22.7 Å². The fourth-order valence-corrected chi connectivity index (χ4v) is 15.1. The normalized spacial score (nSPS) is 19.9. The second-order valence-corrected chi connectivity index (χ2v) is 17.3. The Bertz CT molecular complexity index is 1160. The number of allylic oxidation sites excluding steroid dienone is 1. The zero-order valence-electron chi connectivity index (χ0n) is 18.0. The van der Waals surface area contributed by atoms with Crippen LogP contribution in [0.15, 0.2) is 29.8 Å². The van der Waals surface area contributed by atoms with Gasteiger partial charge in [0.25, 0.3) is 0 Å². The highest BCUT2D eigenvalue weighted by Crippen LogP contribution is 2.59. The molecule has 0 aliphatic heterocycles. The van der Waals surface area contributed by atoms with Gasteiger partial charge in [-0.15, -0.1) is 22.7 Å². The van der Waals surface area contributed by atoms with Crippen LogP contribution in [0.1, 0.15) is 66.2 Å². The first kappa shape index (κ1) is 18.4. The number of hydrogen-bond acceptors (Lipinski definition) is 2. The average molecular weight is 433 g/mol. The van der Waals surface area contributed by atoms with Crippen molar-refractivity contribution in [1.82, 2.24) is 0 Å². The van der Waals surface area contributed by atoms with Gasteiger partial charge in [-0.1, -0.05) is 36.9 Å². The quantitative estimate of drug-likeness (QED) is 0.360. The van der Waals surface area contributed by atoms with Crippen molar-refractivity contribution >= 4 is 36.8 Å². The molecule has 3 aliphatic carbocycles. The van der Waals surface area contributed by atoms with E-state index in [0.717, 1.165) is 0 Å². The Kier molecular flexibility index (Phi) is 3.83. The number of benzene rings is 1. The molecule has 6 rings (SSSR count). The summed E-state index contributed by atoms with van der Waals surface area (Å²) in [7, 11) is -1.71. The van der Waals surface area contributed by atoms with Crippen LogP contribution in [0, 0.1) is 13.8 Å². The average Bonchev–Trinajstić information content (AvgIpc) is 3.40. The summed E-state index contributed by atoms with van der Waals surface area (Å²) in [6.07, 6.45) is 6.41. The third-order valence-electron chi connectivity index (χ3n) is 7.52. The molecule has 0 spiro atoms. The molecule has 0 amide bonds. The first-order chi connectivity index (χ1) is 13.8. The van der Waals surface area contributed by atoms with Crippen LogP contribution < -0.4 is 0 Å². The van der Waals surface area contributed by atoms with Crippen molar-refractivity contribution in [2.24, 2.45) is 0 Å². The highest BCUT2D eigenvalue weighted by molar-refractivity contribution is 7.16. The van der Waals surface area contributed by atoms with Gasteiger partial charge in [0.05, 0.1) is 8.07 Å². The van der Waals surface area contributed by atoms with Crippen LogP contribution in [-0.4, -0.2) is 8.07 Å². The molecule has 0 radical (unpaired) electrons. The largest absolute Gasteiger partial charge is 0.145 e. The Balaban J connectivity index is 1.53. The van der Waals surface area contributed by atoms with Gasteiger partial charge in [-0.3, -0.25) is 0 Å². The lowest BCUT2D eigenvalue weighted by Gasteiger charge is -2.37. The predicted molar refractivity (Wildman–Crippen MR) is 131 cm³/mol. The fourth-order valence-electron chi connectivity index (χ4n) is 6.47. The monoisotopic (exact) mass is 432 g/mol. The van der Waals surface area contributed by atoms with Crippen LogP contribution in [0.3, 0.4) is 0 Å². The highest BCUT2D eigenvalue weighted by Gasteiger charge is 2.50. The van der Waals surface area contributed by atoms with Crippen LogP contribution in [0.2, 0.25) is 13.1 Å². The van der Waals surface area contributed by atoms with Gasteiger partial charge in [0.15, 0.2) is 0 Å². The first-order valence-corrected chi connectivity index (χ1v) is 15.7. The predicted octanol–water partition coefficient (Wildman–Crippen LogP) is 8.01. The van der Waals surface area contributed by atoms with Gasteiger partial charge in [-0.25, -0.2) is 0 Å². The lowest BCUT2D eigenvalue weighted by molar-refractivity contribution is 0.911. The molecule has 3 aromatic rings. The van der Waals surface area contributed by atoms with E-state index in [2.05, 4.69) is 86.9 Å². The van der Waals surface area contributed by atoms with Gasteiger partial charge < -0.3 is 0 Å². The third kappa shape index (κ3) is 2.47. The van der Waals surface area contributed by atoms with Crippen LogP contribution in [0.5, 0.6) is 0 Å². The highest BCUT2D eigenvalue weighted by atomic mass is 32.1. The van der Waals surface area contributed by atoms with Gasteiger partial charge in [0.1, 0.15) is 0 Å². The van der Waals surface area contributed by atoms with Crippen LogP contribution in [0.25, 0.3) is 17.2 Å². The van der Waals surface area contributed by atoms with E-state index >= 15 is 0 Å². The molecule has 3 aliphatic rings. The molecule has 1 atom stereocenters. The van der Waals surface area contributed by atoms with Gasteiger partial charge in [0, 0.05) is 30.6 Å². The van der Waals surface area contributed by atoms with E-state index in [9.17, 15) is 0 Å². The maximum absolute atomic E-state index is 2.67. The van der Waals surface area contributed by atoms with Crippen LogP contribution in [-0.2, 0) is 12.8 Å². The van der Waals surface area contributed by atoms with Crippen molar-refractivity contribution in [2.75, 3.05) is 0 Å². The zero-order valence-corrected chi connectivity index (χ0v) is 20.6. The number of aryl methyl sites for hydroxylation is 4. The number of fused-ring (bicyclic) bond motifs is 5. The Morgan fingerprint density at radius 1 is 0.793 bits per heavy atom. The Morgan fingerprint density at radius 3 is 2.00 bits per heavy atom. The SMILES string of the molecule is CC1=Cc2cc3c(cc2C1[Si](C)(C)C1c2sc(C)cc2-c2cc(C)sc21)CCC3. The lowest BCUT2D eigenvalue weighted by atomic mass is 10.0. The smallest absolute Gasteiger partial charge is 0.0747 e. The maximum Gasteiger partial charge on any atom is 0.0747 e. The van der Waals surface area contributed by atoms with Gasteiger partial charge in [-0.05, 0) is 85.5 Å². The van der Waals surface area contributed by atoms with E-state index in [1.54, 1.807) is 43.1 Å². The zero-order chi connectivity index (χ0) is 20.1. The van der Waals surface area contributed by atoms with Gasteiger partial charge >= 0.3 is 0 Å². The topological polar surface area (TPSA) is 0 Å². The summed E-state index contributed by atoms with van der Waals surface area (Å²) < 4.78 is 0. The molecular weight excluding hydrogens is 405 g/mol. The molecule has 1 aromatic carbocycles. The molecule has 0 fully saturated rings. The molecule has 1 unspecified atom stereocenters. The third-order valence-corrected chi connectivity index (χ3v) is 14.5. The summed E-state index contributed by atoms with van der Waals surface area (Å²) >= 11 is 4.12. The van der Waals surface area contributed by atoms with E-state index < -0.39 is 8.07 Å². The Hall–Kier alpha value is -1.42. The summed E-state index contributed by atoms with van der Waals surface area (Å²) in [6, 6.07) is 10.0. The summed E-state index contributed by atoms with van der Waals surface area (Å²) in [4.78, 5) is 6.28. The second kappa shape index (κ2) is 6.06.